The number of carbonyl (C=O) groups excluding carboxylic acids is 1. The zero-order chi connectivity index (χ0) is 17.9. The predicted octanol–water partition coefficient (Wildman–Crippen LogP) is 4.38. The van der Waals surface area contributed by atoms with Crippen molar-refractivity contribution in [3.05, 3.63) is 47.9 Å². The maximum atomic E-state index is 12.5. The maximum absolute atomic E-state index is 12.5. The third-order valence-corrected chi connectivity index (χ3v) is 4.62. The summed E-state index contributed by atoms with van der Waals surface area (Å²) in [4.78, 5) is 20.8. The second-order valence-corrected chi connectivity index (χ2v) is 7.70. The Hall–Kier alpha value is -2.43. The average molecular weight is 338 g/mol. The molecule has 1 aromatic carbocycles. The maximum Gasteiger partial charge on any atom is 0.274 e. The van der Waals surface area contributed by atoms with Gasteiger partial charge in [-0.2, -0.15) is 0 Å². The highest BCUT2D eigenvalue weighted by atomic mass is 16.1. The minimum atomic E-state index is -0.222. The fraction of sp³-hybridized carbons (Fsp3) is 0.450. The highest BCUT2D eigenvalue weighted by molar-refractivity contribution is 6.03. The molecule has 132 valence electrons. The van der Waals surface area contributed by atoms with Crippen molar-refractivity contribution < 1.29 is 4.79 Å². The van der Waals surface area contributed by atoms with Gasteiger partial charge in [0.1, 0.15) is 17.8 Å². The van der Waals surface area contributed by atoms with Crippen LogP contribution in [0.4, 0.5) is 11.5 Å². The number of aromatic nitrogens is 2. The molecule has 1 aromatic heterocycles. The highest BCUT2D eigenvalue weighted by Crippen LogP contribution is 2.24. The second kappa shape index (κ2) is 7.21. The van der Waals surface area contributed by atoms with Gasteiger partial charge in [0.15, 0.2) is 0 Å². The second-order valence-electron chi connectivity index (χ2n) is 7.70. The lowest BCUT2D eigenvalue weighted by Crippen LogP contribution is -2.18. The van der Waals surface area contributed by atoms with Crippen molar-refractivity contribution in [1.82, 2.24) is 9.97 Å². The minimum Gasteiger partial charge on any atom is -0.367 e. The van der Waals surface area contributed by atoms with Gasteiger partial charge in [-0.25, -0.2) is 9.97 Å². The van der Waals surface area contributed by atoms with Crippen LogP contribution in [0.25, 0.3) is 0 Å². The predicted molar refractivity (Wildman–Crippen MR) is 101 cm³/mol. The number of benzene rings is 1. The van der Waals surface area contributed by atoms with Crippen LogP contribution in [0.15, 0.2) is 36.7 Å². The van der Waals surface area contributed by atoms with Crippen molar-refractivity contribution in [2.45, 2.75) is 57.9 Å². The normalized spacial score (nSPS) is 15.2. The summed E-state index contributed by atoms with van der Waals surface area (Å²) in [6.07, 6.45) is 6.26. The van der Waals surface area contributed by atoms with E-state index in [1.54, 1.807) is 6.07 Å². The zero-order valence-electron chi connectivity index (χ0n) is 15.2. The molecule has 5 heteroatoms. The number of rotatable bonds is 4. The number of amides is 1. The fourth-order valence-electron chi connectivity index (χ4n) is 3.09. The summed E-state index contributed by atoms with van der Waals surface area (Å²) in [7, 11) is 0. The molecule has 1 heterocycles. The Kier molecular flexibility index (Phi) is 5.02. The number of anilines is 2. The number of nitrogens with one attached hydrogen (secondary N) is 2. The number of hydrogen-bond donors (Lipinski definition) is 2. The molecular formula is C20H26N4O. The van der Waals surface area contributed by atoms with Crippen LogP contribution in [-0.2, 0) is 5.41 Å². The van der Waals surface area contributed by atoms with Crippen LogP contribution in [0.5, 0.6) is 0 Å². The summed E-state index contributed by atoms with van der Waals surface area (Å²) in [6, 6.07) is 10.1. The monoisotopic (exact) mass is 338 g/mol. The summed E-state index contributed by atoms with van der Waals surface area (Å²) in [5.41, 5.74) is 2.46. The van der Waals surface area contributed by atoms with Crippen LogP contribution < -0.4 is 10.6 Å². The molecule has 0 aliphatic heterocycles. The standard InChI is InChI=1S/C20H26N4O/c1-20(2,3)14-8-10-16(11-9-14)24-19(25)17-12-18(22-13-21-17)23-15-6-4-5-7-15/h8-13,15H,4-7H2,1-3H3,(H,24,25)(H,21,22,23). The fourth-order valence-corrected chi connectivity index (χ4v) is 3.09. The van der Waals surface area contributed by atoms with Crippen molar-refractivity contribution >= 4 is 17.4 Å². The Morgan fingerprint density at radius 1 is 1.08 bits per heavy atom. The molecule has 0 bridgehead atoms. The van der Waals surface area contributed by atoms with E-state index < -0.39 is 0 Å². The molecular weight excluding hydrogens is 312 g/mol. The van der Waals surface area contributed by atoms with Crippen molar-refractivity contribution in [2.75, 3.05) is 10.6 Å². The molecule has 2 aromatic rings. The van der Waals surface area contributed by atoms with E-state index in [2.05, 4.69) is 41.4 Å². The highest BCUT2D eigenvalue weighted by Gasteiger charge is 2.17. The first kappa shape index (κ1) is 17.4. The van der Waals surface area contributed by atoms with Crippen molar-refractivity contribution in [2.24, 2.45) is 0 Å². The van der Waals surface area contributed by atoms with Crippen molar-refractivity contribution in [3.63, 3.8) is 0 Å². The van der Waals surface area contributed by atoms with Crippen molar-refractivity contribution in [1.29, 1.82) is 0 Å². The van der Waals surface area contributed by atoms with Crippen LogP contribution in [0.1, 0.15) is 62.5 Å². The van der Waals surface area contributed by atoms with E-state index in [-0.39, 0.29) is 11.3 Å². The van der Waals surface area contributed by atoms with E-state index in [0.29, 0.717) is 11.7 Å². The summed E-state index contributed by atoms with van der Waals surface area (Å²) >= 11 is 0. The van der Waals surface area contributed by atoms with E-state index in [0.717, 1.165) is 24.3 Å². The zero-order valence-corrected chi connectivity index (χ0v) is 15.2. The van der Waals surface area contributed by atoms with Gasteiger partial charge in [-0.3, -0.25) is 4.79 Å². The van der Waals surface area contributed by atoms with Crippen LogP contribution in [0.2, 0.25) is 0 Å². The van der Waals surface area contributed by atoms with Gasteiger partial charge in [0.25, 0.3) is 5.91 Å². The first-order chi connectivity index (χ1) is 11.9. The number of hydrogen-bond acceptors (Lipinski definition) is 4. The SMILES string of the molecule is CC(C)(C)c1ccc(NC(=O)c2cc(NC3CCCC3)ncn2)cc1. The Labute approximate surface area is 149 Å². The summed E-state index contributed by atoms with van der Waals surface area (Å²) in [6.45, 7) is 6.50. The van der Waals surface area contributed by atoms with Gasteiger partial charge in [0, 0.05) is 17.8 Å². The molecule has 25 heavy (non-hydrogen) atoms. The third kappa shape index (κ3) is 4.56. The Morgan fingerprint density at radius 3 is 2.40 bits per heavy atom. The van der Waals surface area contributed by atoms with E-state index in [4.69, 9.17) is 0 Å². The molecule has 0 atom stereocenters. The number of carbonyl (C=O) groups is 1. The van der Waals surface area contributed by atoms with Crippen LogP contribution in [0, 0.1) is 0 Å². The molecule has 3 rings (SSSR count). The molecule has 1 amide bonds. The van der Waals surface area contributed by atoms with Gasteiger partial charge in [0.2, 0.25) is 0 Å². The summed E-state index contributed by atoms with van der Waals surface area (Å²) < 4.78 is 0. The van der Waals surface area contributed by atoms with Gasteiger partial charge < -0.3 is 10.6 Å². The van der Waals surface area contributed by atoms with E-state index in [1.807, 2.05) is 24.3 Å². The molecule has 1 fully saturated rings. The molecule has 0 radical (unpaired) electrons. The lowest BCUT2D eigenvalue weighted by atomic mass is 9.87. The van der Waals surface area contributed by atoms with Crippen LogP contribution in [0.3, 0.4) is 0 Å². The molecule has 0 unspecified atom stereocenters. The van der Waals surface area contributed by atoms with Gasteiger partial charge in [-0.15, -0.1) is 0 Å². The first-order valence-corrected chi connectivity index (χ1v) is 8.92. The quantitative estimate of drug-likeness (QED) is 0.868. The molecule has 2 N–H and O–H groups in total. The molecule has 1 aliphatic carbocycles. The molecule has 0 saturated heterocycles. The van der Waals surface area contributed by atoms with Crippen molar-refractivity contribution in [3.8, 4) is 0 Å². The molecule has 5 nitrogen and oxygen atoms in total. The minimum absolute atomic E-state index is 0.0933. The lowest BCUT2D eigenvalue weighted by molar-refractivity contribution is 0.102. The van der Waals surface area contributed by atoms with Gasteiger partial charge in [-0.05, 0) is 36.0 Å². The van der Waals surface area contributed by atoms with Gasteiger partial charge in [0.05, 0.1) is 0 Å². The summed E-state index contributed by atoms with van der Waals surface area (Å²) in [5.74, 6) is 0.496. The Bertz CT molecular complexity index is 728. The van der Waals surface area contributed by atoms with E-state index in [1.165, 1.54) is 24.7 Å². The Balaban J connectivity index is 1.66. The van der Waals surface area contributed by atoms with Crippen LogP contribution in [-0.4, -0.2) is 21.9 Å². The van der Waals surface area contributed by atoms with Gasteiger partial charge >= 0.3 is 0 Å². The third-order valence-electron chi connectivity index (χ3n) is 4.62. The number of nitrogens with zero attached hydrogens (tertiary/aromatic N) is 2. The van der Waals surface area contributed by atoms with Crippen LogP contribution >= 0.6 is 0 Å². The summed E-state index contributed by atoms with van der Waals surface area (Å²) in [5, 5.41) is 6.29. The topological polar surface area (TPSA) is 66.9 Å². The van der Waals surface area contributed by atoms with E-state index in [9.17, 15) is 4.79 Å². The average Bonchev–Trinajstić information content (AvgIpc) is 3.08. The molecule has 1 aliphatic rings. The van der Waals surface area contributed by atoms with E-state index >= 15 is 0 Å². The largest absolute Gasteiger partial charge is 0.367 e. The lowest BCUT2D eigenvalue weighted by Gasteiger charge is -2.19. The first-order valence-electron chi connectivity index (χ1n) is 8.92. The smallest absolute Gasteiger partial charge is 0.274 e. The van der Waals surface area contributed by atoms with Gasteiger partial charge in [-0.1, -0.05) is 45.7 Å². The Morgan fingerprint density at radius 2 is 1.76 bits per heavy atom. The molecule has 0 spiro atoms. The molecule has 1 saturated carbocycles.